The molecular weight excluding hydrogens is 308 g/mol. The monoisotopic (exact) mass is 335 g/mol. The topological polar surface area (TPSA) is 94.1 Å². The second-order valence-corrected chi connectivity index (χ2v) is 6.36. The Morgan fingerprint density at radius 2 is 1.92 bits per heavy atom. The minimum atomic E-state index is -0.798. The number of nitrogens with one attached hydrogen (secondary N) is 1. The van der Waals surface area contributed by atoms with Crippen LogP contribution < -0.4 is 10.6 Å². The van der Waals surface area contributed by atoms with Crippen LogP contribution in [0, 0.1) is 5.92 Å². The number of amides is 1. The van der Waals surface area contributed by atoms with Crippen LogP contribution in [0.3, 0.4) is 0 Å². The zero-order valence-electron chi connectivity index (χ0n) is 13.9. The molecule has 1 amide bonds. The van der Waals surface area contributed by atoms with Crippen molar-refractivity contribution in [1.29, 1.82) is 0 Å². The van der Waals surface area contributed by atoms with E-state index in [0.29, 0.717) is 5.92 Å². The largest absolute Gasteiger partial charge is 0.463 e. The molecule has 0 bridgehead atoms. The molecule has 1 aliphatic rings. The number of carbonyl (C=O) groups excluding carboxylic acids is 2. The van der Waals surface area contributed by atoms with Gasteiger partial charge >= 0.3 is 11.9 Å². The van der Waals surface area contributed by atoms with Crippen molar-refractivity contribution in [3.63, 3.8) is 0 Å². The first kappa shape index (κ1) is 18.6. The Morgan fingerprint density at radius 1 is 1.25 bits per heavy atom. The van der Waals surface area contributed by atoms with Crippen molar-refractivity contribution in [1.82, 2.24) is 0 Å². The summed E-state index contributed by atoms with van der Waals surface area (Å²) in [4.78, 5) is 24.4. The van der Waals surface area contributed by atoms with Crippen LogP contribution in [-0.2, 0) is 20.7 Å². The number of hydrogen-bond acceptors (Lipinski definition) is 5. The van der Waals surface area contributed by atoms with E-state index in [1.807, 2.05) is 6.07 Å². The lowest BCUT2D eigenvalue weighted by atomic mass is 9.90. The second kappa shape index (κ2) is 9.52. The number of quaternary nitrogens is 1. The summed E-state index contributed by atoms with van der Waals surface area (Å²) in [5.74, 6) is -0.0233. The third-order valence-corrected chi connectivity index (χ3v) is 4.50. The van der Waals surface area contributed by atoms with Crippen LogP contribution in [0.1, 0.15) is 24.8 Å². The molecule has 132 valence electrons. The van der Waals surface area contributed by atoms with E-state index in [2.05, 4.69) is 24.3 Å². The Bertz CT molecular complexity index is 527. The number of aliphatic hydroxyl groups is 1. The van der Waals surface area contributed by atoms with Crippen LogP contribution in [0.15, 0.2) is 30.3 Å². The van der Waals surface area contributed by atoms with Gasteiger partial charge in [-0.15, -0.1) is 0 Å². The molecule has 2 rings (SSSR count). The number of aliphatic hydroxyl groups excluding tert-OH is 1. The van der Waals surface area contributed by atoms with Crippen molar-refractivity contribution >= 4 is 11.9 Å². The molecule has 6 nitrogen and oxygen atoms in total. The van der Waals surface area contributed by atoms with Gasteiger partial charge in [0.15, 0.2) is 6.04 Å². The summed E-state index contributed by atoms with van der Waals surface area (Å²) in [6.07, 6.45) is 2.96. The highest BCUT2D eigenvalue weighted by Gasteiger charge is 2.31. The van der Waals surface area contributed by atoms with Crippen LogP contribution in [-0.4, -0.2) is 49.3 Å². The molecule has 1 aliphatic heterocycles. The number of hydrogen-bond donors (Lipinski definition) is 3. The first-order valence-electron chi connectivity index (χ1n) is 8.55. The Hall–Kier alpha value is -1.76. The van der Waals surface area contributed by atoms with Crippen molar-refractivity contribution in [2.75, 3.05) is 26.3 Å². The van der Waals surface area contributed by atoms with Crippen molar-refractivity contribution in [2.24, 2.45) is 11.7 Å². The molecule has 6 heteroatoms. The lowest BCUT2D eigenvalue weighted by Gasteiger charge is -2.29. The molecule has 1 fully saturated rings. The summed E-state index contributed by atoms with van der Waals surface area (Å²) in [6.45, 7) is 1.17. The summed E-state index contributed by atoms with van der Waals surface area (Å²) in [5.41, 5.74) is 7.18. The quantitative estimate of drug-likeness (QED) is 0.573. The molecule has 0 spiro atoms. The number of nitrogens with two attached hydrogens (primary N) is 1. The predicted molar refractivity (Wildman–Crippen MR) is 89.2 cm³/mol. The maximum Gasteiger partial charge on any atom is 0.332 e. The van der Waals surface area contributed by atoms with Crippen molar-refractivity contribution in [2.45, 2.75) is 31.7 Å². The molecule has 0 aromatic heterocycles. The van der Waals surface area contributed by atoms with Crippen LogP contribution >= 0.6 is 0 Å². The Morgan fingerprint density at radius 3 is 2.54 bits per heavy atom. The van der Waals surface area contributed by atoms with E-state index in [0.717, 1.165) is 37.3 Å². The molecule has 1 saturated heterocycles. The first-order chi connectivity index (χ1) is 11.6. The minimum Gasteiger partial charge on any atom is -0.463 e. The fraction of sp³-hybridized carbons (Fsp3) is 0.556. The molecule has 1 heterocycles. The van der Waals surface area contributed by atoms with E-state index in [1.54, 1.807) is 0 Å². The van der Waals surface area contributed by atoms with Crippen molar-refractivity contribution < 1.29 is 24.3 Å². The molecule has 1 aromatic carbocycles. The highest BCUT2D eigenvalue weighted by molar-refractivity contribution is 5.74. The number of carbonyl (C=O) groups is 2. The SMILES string of the molecule is N[C@H](COC(=O)CCO)C(=O)[NH+]1CCC(Cc2ccccc2)CC1. The van der Waals surface area contributed by atoms with Gasteiger partial charge in [-0.25, -0.2) is 4.79 Å². The molecule has 1 atom stereocenters. The number of likely N-dealkylation sites (tertiary alicyclic amines) is 1. The van der Waals surface area contributed by atoms with Gasteiger partial charge < -0.3 is 15.6 Å². The van der Waals surface area contributed by atoms with E-state index in [9.17, 15) is 9.59 Å². The zero-order valence-corrected chi connectivity index (χ0v) is 13.9. The summed E-state index contributed by atoms with van der Waals surface area (Å²) >= 11 is 0. The summed E-state index contributed by atoms with van der Waals surface area (Å²) in [5, 5.41) is 8.64. The molecular formula is C18H27N2O4+. The maximum absolute atomic E-state index is 12.3. The standard InChI is InChI=1S/C18H26N2O4/c19-16(13-24-17(22)8-11-21)18(23)20-9-6-15(7-10-20)12-14-4-2-1-3-5-14/h1-5,15-16,21H,6-13,19H2/p+1/t16-/m1/s1. The highest BCUT2D eigenvalue weighted by Crippen LogP contribution is 2.16. The van der Waals surface area contributed by atoms with E-state index >= 15 is 0 Å². The highest BCUT2D eigenvalue weighted by atomic mass is 16.5. The second-order valence-electron chi connectivity index (χ2n) is 6.36. The van der Waals surface area contributed by atoms with Crippen LogP contribution in [0.5, 0.6) is 0 Å². The van der Waals surface area contributed by atoms with E-state index in [4.69, 9.17) is 15.6 Å². The normalized spacial score (nSPS) is 21.9. The zero-order chi connectivity index (χ0) is 17.4. The summed E-state index contributed by atoms with van der Waals surface area (Å²) in [6, 6.07) is 9.60. The number of piperidine rings is 1. The lowest BCUT2D eigenvalue weighted by molar-refractivity contribution is -0.828. The fourth-order valence-corrected chi connectivity index (χ4v) is 3.11. The smallest absolute Gasteiger partial charge is 0.332 e. The molecule has 0 radical (unpaired) electrons. The third kappa shape index (κ3) is 5.70. The van der Waals surface area contributed by atoms with Gasteiger partial charge in [0.25, 0.3) is 0 Å². The van der Waals surface area contributed by atoms with Gasteiger partial charge in [-0.1, -0.05) is 30.3 Å². The number of rotatable bonds is 7. The Labute approximate surface area is 142 Å². The number of esters is 1. The van der Waals surface area contributed by atoms with E-state index in [-0.39, 0.29) is 25.5 Å². The summed E-state index contributed by atoms with van der Waals surface area (Å²) < 4.78 is 4.90. The van der Waals surface area contributed by atoms with Crippen LogP contribution in [0.4, 0.5) is 0 Å². The van der Waals surface area contributed by atoms with E-state index < -0.39 is 12.0 Å². The maximum atomic E-state index is 12.3. The van der Waals surface area contributed by atoms with Crippen LogP contribution in [0.25, 0.3) is 0 Å². The van der Waals surface area contributed by atoms with Crippen molar-refractivity contribution in [3.8, 4) is 0 Å². The Kier molecular flexibility index (Phi) is 7.36. The minimum absolute atomic E-state index is 0.0708. The number of ether oxygens (including phenoxy) is 1. The first-order valence-corrected chi connectivity index (χ1v) is 8.55. The van der Waals surface area contributed by atoms with Gasteiger partial charge in [0.05, 0.1) is 26.1 Å². The average Bonchev–Trinajstić information content (AvgIpc) is 2.61. The molecule has 0 saturated carbocycles. The van der Waals surface area contributed by atoms with Crippen molar-refractivity contribution in [3.05, 3.63) is 35.9 Å². The predicted octanol–water partition coefficient (Wildman–Crippen LogP) is -0.696. The molecule has 0 aliphatic carbocycles. The molecule has 0 unspecified atom stereocenters. The molecule has 4 N–H and O–H groups in total. The molecule has 24 heavy (non-hydrogen) atoms. The van der Waals surface area contributed by atoms with Gasteiger partial charge in [-0.3, -0.25) is 9.69 Å². The third-order valence-electron chi connectivity index (χ3n) is 4.50. The van der Waals surface area contributed by atoms with Crippen LogP contribution in [0.2, 0.25) is 0 Å². The molecule has 1 aromatic rings. The van der Waals surface area contributed by atoms with Gasteiger partial charge in [-0.05, 0) is 17.9 Å². The Balaban J connectivity index is 1.72. The average molecular weight is 335 g/mol. The fourth-order valence-electron chi connectivity index (χ4n) is 3.11. The number of benzene rings is 1. The lowest BCUT2D eigenvalue weighted by Crippen LogP contribution is -3.17. The van der Waals surface area contributed by atoms with Gasteiger partial charge in [0.2, 0.25) is 0 Å². The van der Waals surface area contributed by atoms with Gasteiger partial charge in [-0.2, -0.15) is 0 Å². The summed E-state index contributed by atoms with van der Waals surface area (Å²) in [7, 11) is 0. The van der Waals surface area contributed by atoms with E-state index in [1.165, 1.54) is 5.56 Å². The van der Waals surface area contributed by atoms with Gasteiger partial charge in [0, 0.05) is 12.8 Å². The van der Waals surface area contributed by atoms with Gasteiger partial charge in [0.1, 0.15) is 6.61 Å².